The van der Waals surface area contributed by atoms with E-state index in [9.17, 15) is 14.9 Å². The number of nitro groups is 1. The molecule has 0 spiro atoms. The summed E-state index contributed by atoms with van der Waals surface area (Å²) in [7, 11) is 0. The Morgan fingerprint density at radius 2 is 2.21 bits per heavy atom. The van der Waals surface area contributed by atoms with Crippen LogP contribution in [0.15, 0.2) is 34.5 Å². The number of terminal acetylenes is 1. The SMILES string of the molecule is C#CCCC1(CCNC(=O)c2cc3cccc([N+](=O)[O-])c3[nH]2)N=N1. The molecule has 1 aliphatic rings. The van der Waals surface area contributed by atoms with Crippen LogP contribution < -0.4 is 5.32 Å². The predicted octanol–water partition coefficient (Wildman–Crippen LogP) is 2.77. The summed E-state index contributed by atoms with van der Waals surface area (Å²) in [5, 5.41) is 22.4. The number of para-hydroxylation sites is 1. The third-order valence-corrected chi connectivity index (χ3v) is 3.94. The highest BCUT2D eigenvalue weighted by Crippen LogP contribution is 2.36. The van der Waals surface area contributed by atoms with Crippen LogP contribution >= 0.6 is 0 Å². The number of H-pyrrole nitrogens is 1. The Bertz CT molecular complexity index is 871. The Labute approximate surface area is 137 Å². The molecule has 1 aromatic heterocycles. The molecule has 0 unspecified atom stereocenters. The number of aromatic amines is 1. The largest absolute Gasteiger partial charge is 0.351 e. The van der Waals surface area contributed by atoms with E-state index in [1.165, 1.54) is 6.07 Å². The van der Waals surface area contributed by atoms with Crippen molar-refractivity contribution in [2.24, 2.45) is 10.2 Å². The molecular weight excluding hydrogens is 310 g/mol. The van der Waals surface area contributed by atoms with Gasteiger partial charge >= 0.3 is 0 Å². The molecule has 0 bridgehead atoms. The predicted molar refractivity (Wildman–Crippen MR) is 87.6 cm³/mol. The molecule has 122 valence electrons. The Balaban J connectivity index is 1.64. The molecule has 2 N–H and O–H groups in total. The van der Waals surface area contributed by atoms with Gasteiger partial charge in [0.15, 0.2) is 5.66 Å². The number of hydrogen-bond donors (Lipinski definition) is 2. The van der Waals surface area contributed by atoms with Gasteiger partial charge < -0.3 is 10.3 Å². The number of nitrogens with one attached hydrogen (secondary N) is 2. The van der Waals surface area contributed by atoms with Gasteiger partial charge in [-0.25, -0.2) is 0 Å². The molecule has 8 nitrogen and oxygen atoms in total. The van der Waals surface area contributed by atoms with Crippen LogP contribution in [0.2, 0.25) is 0 Å². The first-order chi connectivity index (χ1) is 11.5. The molecule has 0 radical (unpaired) electrons. The summed E-state index contributed by atoms with van der Waals surface area (Å²) >= 11 is 0. The second kappa shape index (κ2) is 6.12. The van der Waals surface area contributed by atoms with Gasteiger partial charge in [0.2, 0.25) is 0 Å². The van der Waals surface area contributed by atoms with Crippen molar-refractivity contribution in [1.29, 1.82) is 0 Å². The number of nitro benzene ring substituents is 1. The first kappa shape index (κ1) is 15.7. The lowest BCUT2D eigenvalue weighted by Crippen LogP contribution is -2.28. The molecule has 2 aromatic rings. The Morgan fingerprint density at radius 1 is 1.42 bits per heavy atom. The quantitative estimate of drug-likeness (QED) is 0.463. The average molecular weight is 325 g/mol. The fraction of sp³-hybridized carbons (Fsp3) is 0.312. The second-order valence-corrected chi connectivity index (χ2v) is 5.57. The minimum Gasteiger partial charge on any atom is -0.351 e. The zero-order valence-corrected chi connectivity index (χ0v) is 12.8. The normalized spacial score (nSPS) is 14.3. The number of fused-ring (bicyclic) bond motifs is 1. The molecule has 0 fully saturated rings. The molecule has 1 amide bonds. The summed E-state index contributed by atoms with van der Waals surface area (Å²) in [6.45, 7) is 0.397. The minimum atomic E-state index is -0.480. The lowest BCUT2D eigenvalue weighted by atomic mass is 10.0. The monoisotopic (exact) mass is 325 g/mol. The highest BCUT2D eigenvalue weighted by atomic mass is 16.6. The molecule has 24 heavy (non-hydrogen) atoms. The Kier molecular flexibility index (Phi) is 4.00. The zero-order valence-electron chi connectivity index (χ0n) is 12.8. The van der Waals surface area contributed by atoms with Gasteiger partial charge in [0.25, 0.3) is 11.6 Å². The molecule has 1 aliphatic heterocycles. The van der Waals surface area contributed by atoms with E-state index in [0.29, 0.717) is 36.7 Å². The Morgan fingerprint density at radius 3 is 2.88 bits per heavy atom. The van der Waals surface area contributed by atoms with Gasteiger partial charge in [-0.2, -0.15) is 10.2 Å². The van der Waals surface area contributed by atoms with E-state index in [1.54, 1.807) is 18.2 Å². The zero-order chi connectivity index (χ0) is 17.2. The van der Waals surface area contributed by atoms with Crippen LogP contribution in [0.25, 0.3) is 10.9 Å². The van der Waals surface area contributed by atoms with Crippen LogP contribution in [0.1, 0.15) is 29.8 Å². The van der Waals surface area contributed by atoms with Crippen molar-refractivity contribution in [2.45, 2.75) is 24.9 Å². The summed E-state index contributed by atoms with van der Waals surface area (Å²) in [4.78, 5) is 25.6. The fourth-order valence-corrected chi connectivity index (χ4v) is 2.55. The third kappa shape index (κ3) is 3.10. The third-order valence-electron chi connectivity index (χ3n) is 3.94. The van der Waals surface area contributed by atoms with Gasteiger partial charge in [-0.3, -0.25) is 14.9 Å². The van der Waals surface area contributed by atoms with Crippen LogP contribution in [-0.4, -0.2) is 28.0 Å². The highest BCUT2D eigenvalue weighted by Gasteiger charge is 2.38. The summed E-state index contributed by atoms with van der Waals surface area (Å²) in [5.41, 5.74) is 0.112. The van der Waals surface area contributed by atoms with E-state index in [0.717, 1.165) is 0 Å². The van der Waals surface area contributed by atoms with Crippen molar-refractivity contribution in [1.82, 2.24) is 10.3 Å². The van der Waals surface area contributed by atoms with Crippen molar-refractivity contribution in [2.75, 3.05) is 6.54 Å². The number of carbonyl (C=O) groups is 1. The van der Waals surface area contributed by atoms with Crippen LogP contribution in [0.4, 0.5) is 5.69 Å². The van der Waals surface area contributed by atoms with E-state index >= 15 is 0 Å². The smallest absolute Gasteiger partial charge is 0.293 e. The second-order valence-electron chi connectivity index (χ2n) is 5.57. The minimum absolute atomic E-state index is 0.0598. The molecule has 0 saturated carbocycles. The molecular formula is C16H15N5O3. The summed E-state index contributed by atoms with van der Waals surface area (Å²) in [6.07, 6.45) is 7.08. The lowest BCUT2D eigenvalue weighted by molar-refractivity contribution is -0.383. The summed E-state index contributed by atoms with van der Waals surface area (Å²) in [6, 6.07) is 6.29. The maximum absolute atomic E-state index is 12.2. The van der Waals surface area contributed by atoms with Gasteiger partial charge in [0.1, 0.15) is 11.2 Å². The lowest BCUT2D eigenvalue weighted by Gasteiger charge is -2.09. The molecule has 0 atom stereocenters. The van der Waals surface area contributed by atoms with Crippen molar-refractivity contribution in [3.05, 3.63) is 40.1 Å². The van der Waals surface area contributed by atoms with E-state index in [2.05, 4.69) is 26.4 Å². The maximum atomic E-state index is 12.2. The molecule has 0 saturated heterocycles. The molecule has 3 rings (SSSR count). The van der Waals surface area contributed by atoms with Crippen molar-refractivity contribution >= 4 is 22.5 Å². The van der Waals surface area contributed by atoms with Gasteiger partial charge in [-0.05, 0) is 6.07 Å². The number of hydrogen-bond acceptors (Lipinski definition) is 5. The van der Waals surface area contributed by atoms with Crippen molar-refractivity contribution in [3.63, 3.8) is 0 Å². The van der Waals surface area contributed by atoms with Crippen LogP contribution in [-0.2, 0) is 0 Å². The average Bonchev–Trinajstić information content (AvgIpc) is 3.19. The number of aromatic nitrogens is 1. The van der Waals surface area contributed by atoms with E-state index in [-0.39, 0.29) is 17.3 Å². The van der Waals surface area contributed by atoms with Gasteiger partial charge in [-0.15, -0.1) is 12.3 Å². The summed E-state index contributed by atoms with van der Waals surface area (Å²) < 4.78 is 0. The van der Waals surface area contributed by atoms with Crippen LogP contribution in [0.5, 0.6) is 0 Å². The van der Waals surface area contributed by atoms with Crippen LogP contribution in [0.3, 0.4) is 0 Å². The van der Waals surface area contributed by atoms with E-state index < -0.39 is 10.6 Å². The number of benzene rings is 1. The van der Waals surface area contributed by atoms with E-state index in [4.69, 9.17) is 6.42 Å². The highest BCUT2D eigenvalue weighted by molar-refractivity contribution is 6.00. The van der Waals surface area contributed by atoms with Crippen molar-refractivity contribution in [3.8, 4) is 12.3 Å². The summed E-state index contributed by atoms with van der Waals surface area (Å²) in [5.74, 6) is 2.23. The van der Waals surface area contributed by atoms with Crippen molar-refractivity contribution < 1.29 is 9.72 Å². The molecule has 0 aliphatic carbocycles. The van der Waals surface area contributed by atoms with E-state index in [1.807, 2.05) is 0 Å². The maximum Gasteiger partial charge on any atom is 0.293 e. The number of amides is 1. The first-order valence-electron chi connectivity index (χ1n) is 7.46. The number of non-ortho nitro benzene ring substituents is 1. The fourth-order valence-electron chi connectivity index (χ4n) is 2.55. The first-order valence-corrected chi connectivity index (χ1v) is 7.46. The molecule has 2 heterocycles. The Hall–Kier alpha value is -3.21. The standard InChI is InChI=1S/C16H15N5O3/c1-2-3-7-16(19-20-16)8-9-17-15(22)12-10-11-5-4-6-13(21(23)24)14(11)18-12/h1,4-6,10,18H,3,7-9H2,(H,17,22). The molecule has 1 aromatic carbocycles. The number of carbonyl (C=O) groups excluding carboxylic acids is 1. The topological polar surface area (TPSA) is 113 Å². The van der Waals surface area contributed by atoms with Gasteiger partial charge in [0.05, 0.1) is 4.92 Å². The molecule has 8 heteroatoms. The van der Waals surface area contributed by atoms with Gasteiger partial charge in [-0.1, -0.05) is 12.1 Å². The number of nitrogens with zero attached hydrogens (tertiary/aromatic N) is 3. The van der Waals surface area contributed by atoms with Crippen LogP contribution in [0, 0.1) is 22.5 Å². The number of rotatable bonds is 7. The van der Waals surface area contributed by atoms with Gasteiger partial charge in [0, 0.05) is 37.3 Å².